The summed E-state index contributed by atoms with van der Waals surface area (Å²) in [6, 6.07) is 0.0514. The summed E-state index contributed by atoms with van der Waals surface area (Å²) < 4.78 is 15.6. The van der Waals surface area contributed by atoms with Crippen molar-refractivity contribution in [2.45, 2.75) is 57.3 Å². The van der Waals surface area contributed by atoms with Gasteiger partial charge in [0, 0.05) is 50.1 Å². The number of rotatable bonds is 5. The lowest BCUT2D eigenvalue weighted by atomic mass is 10.1. The molecule has 2 heterocycles. The number of likely N-dealkylation sites (tertiary alicyclic amines) is 1. The van der Waals surface area contributed by atoms with Crippen LogP contribution in [0.15, 0.2) is 24.0 Å². The number of allylic oxidation sites excluding steroid dienone is 1. The van der Waals surface area contributed by atoms with Gasteiger partial charge in [0.25, 0.3) is 0 Å². The molecule has 6 heteroatoms. The molecule has 5 nitrogen and oxygen atoms in total. The number of amides is 1. The fraction of sp³-hybridized carbons (Fsp3) is 0.667. The van der Waals surface area contributed by atoms with Crippen LogP contribution in [0, 0.1) is 0 Å². The number of hydrogen-bond acceptors (Lipinski definition) is 3. The Hall–Kier alpha value is -1.69. The molecular formula is C18H27FN4O. The minimum atomic E-state index is -0.819. The first-order chi connectivity index (χ1) is 11.6. The van der Waals surface area contributed by atoms with Crippen LogP contribution >= 0.6 is 0 Å². The zero-order valence-electron chi connectivity index (χ0n) is 14.4. The monoisotopic (exact) mass is 334 g/mol. The number of nitrogens with one attached hydrogen (secondary N) is 1. The summed E-state index contributed by atoms with van der Waals surface area (Å²) in [5.41, 5.74) is 1.98. The molecule has 1 saturated heterocycles. The van der Waals surface area contributed by atoms with Gasteiger partial charge < -0.3 is 5.32 Å². The van der Waals surface area contributed by atoms with Crippen LogP contribution in [0.4, 0.5) is 4.39 Å². The topological polar surface area (TPSA) is 50.2 Å². The first kappa shape index (κ1) is 17.1. The summed E-state index contributed by atoms with van der Waals surface area (Å²) in [5.74, 6) is 0.0283. The summed E-state index contributed by atoms with van der Waals surface area (Å²) in [6.45, 7) is 1.62. The SMILES string of the molecule is Cn1cc(CN2C[C@@H](F)C[C@H]2CNC(=O)C2=CCCCCC2)cn1. The standard InChI is InChI=1S/C18H27FN4O/c1-22-11-14(9-21-22)12-23-13-16(19)8-17(23)10-20-18(24)15-6-4-2-3-5-7-15/h6,9,11,16-17H,2-5,7-8,10,12-13H2,1H3,(H,20,24)/t16-,17-/m0/s1. The van der Waals surface area contributed by atoms with Gasteiger partial charge in [-0.2, -0.15) is 5.10 Å². The van der Waals surface area contributed by atoms with Crippen LogP contribution in [-0.4, -0.2) is 45.9 Å². The summed E-state index contributed by atoms with van der Waals surface area (Å²) in [5, 5.41) is 7.19. The van der Waals surface area contributed by atoms with Gasteiger partial charge in [0.1, 0.15) is 6.17 Å². The molecule has 0 unspecified atom stereocenters. The largest absolute Gasteiger partial charge is 0.351 e. The van der Waals surface area contributed by atoms with Crippen molar-refractivity contribution in [2.75, 3.05) is 13.1 Å². The second-order valence-electron chi connectivity index (χ2n) is 6.98. The molecule has 1 aromatic rings. The minimum absolute atomic E-state index is 0.0283. The van der Waals surface area contributed by atoms with Crippen LogP contribution in [0.1, 0.15) is 44.1 Å². The van der Waals surface area contributed by atoms with E-state index in [2.05, 4.69) is 21.4 Å². The highest BCUT2D eigenvalue weighted by Gasteiger charge is 2.32. The maximum absolute atomic E-state index is 13.9. The van der Waals surface area contributed by atoms with Gasteiger partial charge in [0.15, 0.2) is 0 Å². The first-order valence-electron chi connectivity index (χ1n) is 8.94. The maximum atomic E-state index is 13.9. The Labute approximate surface area is 142 Å². The maximum Gasteiger partial charge on any atom is 0.246 e. The average Bonchev–Trinajstić information content (AvgIpc) is 2.99. The zero-order chi connectivity index (χ0) is 16.9. The van der Waals surface area contributed by atoms with E-state index in [1.54, 1.807) is 4.68 Å². The van der Waals surface area contributed by atoms with Crippen molar-refractivity contribution < 1.29 is 9.18 Å². The molecule has 1 aliphatic carbocycles. The summed E-state index contributed by atoms with van der Waals surface area (Å²) in [4.78, 5) is 14.5. The molecule has 0 saturated carbocycles. The Morgan fingerprint density at radius 2 is 2.29 bits per heavy atom. The highest BCUT2D eigenvalue weighted by atomic mass is 19.1. The van der Waals surface area contributed by atoms with Gasteiger partial charge >= 0.3 is 0 Å². The number of carbonyl (C=O) groups excluding carboxylic acids is 1. The first-order valence-corrected chi connectivity index (χ1v) is 8.94. The van der Waals surface area contributed by atoms with Gasteiger partial charge in [-0.05, 0) is 32.1 Å². The van der Waals surface area contributed by atoms with Crippen LogP contribution in [-0.2, 0) is 18.4 Å². The van der Waals surface area contributed by atoms with Crippen molar-refractivity contribution in [1.29, 1.82) is 0 Å². The van der Waals surface area contributed by atoms with E-state index in [1.807, 2.05) is 19.4 Å². The Balaban J connectivity index is 1.54. The Kier molecular flexibility index (Phi) is 5.66. The normalized spacial score (nSPS) is 25.3. The van der Waals surface area contributed by atoms with Crippen molar-refractivity contribution in [1.82, 2.24) is 20.0 Å². The fourth-order valence-corrected chi connectivity index (χ4v) is 3.66. The number of carbonyl (C=O) groups is 1. The van der Waals surface area contributed by atoms with E-state index in [9.17, 15) is 9.18 Å². The molecule has 2 atom stereocenters. The van der Waals surface area contributed by atoms with Crippen molar-refractivity contribution in [2.24, 2.45) is 7.05 Å². The third-order valence-corrected chi connectivity index (χ3v) is 4.95. The highest BCUT2D eigenvalue weighted by molar-refractivity contribution is 5.93. The second kappa shape index (κ2) is 7.92. The van der Waals surface area contributed by atoms with Crippen molar-refractivity contribution in [3.63, 3.8) is 0 Å². The van der Waals surface area contributed by atoms with Crippen LogP contribution < -0.4 is 5.32 Å². The molecule has 1 aromatic heterocycles. The van der Waals surface area contributed by atoms with Crippen LogP contribution in [0.5, 0.6) is 0 Å². The number of aryl methyl sites for hydroxylation is 1. The van der Waals surface area contributed by atoms with Crippen molar-refractivity contribution in [3.8, 4) is 0 Å². The lowest BCUT2D eigenvalue weighted by Gasteiger charge is -2.24. The van der Waals surface area contributed by atoms with Gasteiger partial charge in [0.2, 0.25) is 5.91 Å². The van der Waals surface area contributed by atoms with Crippen LogP contribution in [0.3, 0.4) is 0 Å². The van der Waals surface area contributed by atoms with E-state index in [-0.39, 0.29) is 11.9 Å². The smallest absolute Gasteiger partial charge is 0.246 e. The summed E-state index contributed by atoms with van der Waals surface area (Å²) >= 11 is 0. The van der Waals surface area contributed by atoms with E-state index in [1.165, 1.54) is 12.8 Å². The van der Waals surface area contributed by atoms with E-state index in [0.717, 1.165) is 30.4 Å². The molecule has 0 bridgehead atoms. The number of alkyl halides is 1. The third kappa shape index (κ3) is 4.44. The molecule has 1 fully saturated rings. The lowest BCUT2D eigenvalue weighted by molar-refractivity contribution is -0.117. The fourth-order valence-electron chi connectivity index (χ4n) is 3.66. The molecule has 2 aliphatic rings. The number of hydrogen-bond donors (Lipinski definition) is 1. The van der Waals surface area contributed by atoms with Gasteiger partial charge in [-0.25, -0.2) is 4.39 Å². The summed E-state index contributed by atoms with van der Waals surface area (Å²) in [7, 11) is 1.88. The molecule has 132 valence electrons. The molecule has 1 N–H and O–H groups in total. The Morgan fingerprint density at radius 1 is 1.42 bits per heavy atom. The van der Waals surface area contributed by atoms with Crippen molar-refractivity contribution >= 4 is 5.91 Å². The Morgan fingerprint density at radius 3 is 3.08 bits per heavy atom. The van der Waals surface area contributed by atoms with E-state index in [4.69, 9.17) is 0 Å². The average molecular weight is 334 g/mol. The van der Waals surface area contributed by atoms with E-state index < -0.39 is 6.17 Å². The van der Waals surface area contributed by atoms with E-state index in [0.29, 0.717) is 26.1 Å². The van der Waals surface area contributed by atoms with Crippen molar-refractivity contribution in [3.05, 3.63) is 29.6 Å². The molecule has 0 spiro atoms. The zero-order valence-corrected chi connectivity index (χ0v) is 14.4. The quantitative estimate of drug-likeness (QED) is 0.899. The third-order valence-electron chi connectivity index (χ3n) is 4.95. The molecule has 3 rings (SSSR count). The molecule has 24 heavy (non-hydrogen) atoms. The predicted molar refractivity (Wildman–Crippen MR) is 91.1 cm³/mol. The second-order valence-corrected chi connectivity index (χ2v) is 6.98. The number of halogens is 1. The van der Waals surface area contributed by atoms with E-state index >= 15 is 0 Å². The molecule has 1 aliphatic heterocycles. The Bertz CT molecular complexity index is 598. The van der Waals surface area contributed by atoms with Crippen LogP contribution in [0.25, 0.3) is 0 Å². The molecule has 0 aromatic carbocycles. The minimum Gasteiger partial charge on any atom is -0.351 e. The molecular weight excluding hydrogens is 307 g/mol. The molecule has 0 radical (unpaired) electrons. The highest BCUT2D eigenvalue weighted by Crippen LogP contribution is 2.23. The summed E-state index contributed by atoms with van der Waals surface area (Å²) in [6.07, 6.45) is 10.8. The van der Waals surface area contributed by atoms with Gasteiger partial charge in [-0.1, -0.05) is 12.5 Å². The van der Waals surface area contributed by atoms with Gasteiger partial charge in [-0.3, -0.25) is 14.4 Å². The lowest BCUT2D eigenvalue weighted by Crippen LogP contribution is -2.40. The van der Waals surface area contributed by atoms with Gasteiger partial charge in [0.05, 0.1) is 6.20 Å². The van der Waals surface area contributed by atoms with Crippen LogP contribution in [0.2, 0.25) is 0 Å². The number of aromatic nitrogens is 2. The molecule has 1 amide bonds. The number of nitrogens with zero attached hydrogens (tertiary/aromatic N) is 3. The predicted octanol–water partition coefficient (Wildman–Crippen LogP) is 2.34. The van der Waals surface area contributed by atoms with Gasteiger partial charge in [-0.15, -0.1) is 0 Å².